The fourth-order valence-electron chi connectivity index (χ4n) is 3.84. The Morgan fingerprint density at radius 2 is 1.71 bits per heavy atom. The van der Waals surface area contributed by atoms with Crippen molar-refractivity contribution in [3.8, 4) is 5.69 Å². The molecule has 7 heteroatoms. The third kappa shape index (κ3) is 3.85. The minimum absolute atomic E-state index is 0.561. The SMILES string of the molecule is S=c1n(CN2CCN(Cc3cccs3)CC2)nc(C2CC2)n1-c1ccccc1. The van der Waals surface area contributed by atoms with Gasteiger partial charge in [0, 0.05) is 49.2 Å². The van der Waals surface area contributed by atoms with Gasteiger partial charge >= 0.3 is 0 Å². The standard InChI is InChI=1S/C21H25N5S2/c27-21-25(16-24-12-10-23(11-13-24)15-19-7-4-14-28-19)22-20(17-8-9-17)26(21)18-5-2-1-3-6-18/h1-7,14,17H,8-13,15-16H2. The van der Waals surface area contributed by atoms with Crippen molar-refractivity contribution in [3.63, 3.8) is 0 Å². The first-order chi connectivity index (χ1) is 13.8. The van der Waals surface area contributed by atoms with Crippen LogP contribution in [0.15, 0.2) is 47.8 Å². The van der Waals surface area contributed by atoms with Crippen molar-refractivity contribution in [1.82, 2.24) is 24.1 Å². The molecule has 0 amide bonds. The van der Waals surface area contributed by atoms with E-state index in [-0.39, 0.29) is 0 Å². The van der Waals surface area contributed by atoms with E-state index >= 15 is 0 Å². The average molecular weight is 412 g/mol. The van der Waals surface area contributed by atoms with Gasteiger partial charge in [-0.15, -0.1) is 11.3 Å². The number of hydrogen-bond acceptors (Lipinski definition) is 5. The molecule has 0 unspecified atom stereocenters. The van der Waals surface area contributed by atoms with E-state index in [1.54, 1.807) is 0 Å². The van der Waals surface area contributed by atoms with E-state index in [0.717, 1.165) is 55.7 Å². The van der Waals surface area contributed by atoms with Crippen LogP contribution in [0.2, 0.25) is 0 Å². The zero-order valence-corrected chi connectivity index (χ0v) is 17.5. The van der Waals surface area contributed by atoms with E-state index in [0.29, 0.717) is 5.92 Å². The van der Waals surface area contributed by atoms with Crippen molar-refractivity contribution in [2.75, 3.05) is 26.2 Å². The van der Waals surface area contributed by atoms with Crippen molar-refractivity contribution in [1.29, 1.82) is 0 Å². The van der Waals surface area contributed by atoms with Crippen LogP contribution in [-0.2, 0) is 13.2 Å². The molecular formula is C21H25N5S2. The molecule has 0 N–H and O–H groups in total. The van der Waals surface area contributed by atoms with E-state index in [1.807, 2.05) is 22.1 Å². The molecule has 28 heavy (non-hydrogen) atoms. The third-order valence-corrected chi connectivity index (χ3v) is 6.83. The normalized spacial score (nSPS) is 18.6. The first-order valence-corrected chi connectivity index (χ1v) is 11.3. The quantitative estimate of drug-likeness (QED) is 0.571. The lowest BCUT2D eigenvalue weighted by Gasteiger charge is -2.34. The Hall–Kier alpha value is -1.80. The molecule has 1 saturated heterocycles. The maximum Gasteiger partial charge on any atom is 0.203 e. The molecule has 2 aromatic heterocycles. The van der Waals surface area contributed by atoms with Gasteiger partial charge in [0.15, 0.2) is 0 Å². The topological polar surface area (TPSA) is 29.2 Å². The Labute approximate surface area is 174 Å². The van der Waals surface area contributed by atoms with Gasteiger partial charge in [-0.05, 0) is 48.6 Å². The van der Waals surface area contributed by atoms with Gasteiger partial charge in [0.1, 0.15) is 5.82 Å². The van der Waals surface area contributed by atoms with Crippen molar-refractivity contribution < 1.29 is 0 Å². The van der Waals surface area contributed by atoms with Crippen molar-refractivity contribution in [2.45, 2.75) is 32.0 Å². The largest absolute Gasteiger partial charge is 0.296 e. The first-order valence-electron chi connectivity index (χ1n) is 10.0. The second-order valence-electron chi connectivity index (χ2n) is 7.70. The number of aromatic nitrogens is 3. The van der Waals surface area contributed by atoms with Crippen molar-refractivity contribution >= 4 is 23.6 Å². The second kappa shape index (κ2) is 7.91. The molecule has 0 atom stereocenters. The summed E-state index contributed by atoms with van der Waals surface area (Å²) in [6.07, 6.45) is 2.44. The second-order valence-corrected chi connectivity index (χ2v) is 9.10. The molecule has 1 aliphatic carbocycles. The predicted octanol–water partition coefficient (Wildman–Crippen LogP) is 4.12. The lowest BCUT2D eigenvalue weighted by atomic mass is 10.3. The Bertz CT molecular complexity index is 964. The van der Waals surface area contributed by atoms with Crippen LogP contribution in [0.4, 0.5) is 0 Å². The van der Waals surface area contributed by atoms with Crippen molar-refractivity contribution in [2.24, 2.45) is 0 Å². The summed E-state index contributed by atoms with van der Waals surface area (Å²) in [6, 6.07) is 14.8. The highest BCUT2D eigenvalue weighted by Crippen LogP contribution is 2.40. The van der Waals surface area contributed by atoms with E-state index in [4.69, 9.17) is 17.3 Å². The van der Waals surface area contributed by atoms with Crippen LogP contribution < -0.4 is 0 Å². The Balaban J connectivity index is 1.29. The first kappa shape index (κ1) is 18.2. The van der Waals surface area contributed by atoms with Gasteiger partial charge in [-0.1, -0.05) is 24.3 Å². The fraction of sp³-hybridized carbons (Fsp3) is 0.429. The smallest absolute Gasteiger partial charge is 0.203 e. The van der Waals surface area contributed by atoms with E-state index in [2.05, 4.69) is 56.1 Å². The molecule has 0 bridgehead atoms. The highest BCUT2D eigenvalue weighted by Gasteiger charge is 2.31. The molecule has 5 nitrogen and oxygen atoms in total. The van der Waals surface area contributed by atoms with Crippen LogP contribution in [0.25, 0.3) is 5.69 Å². The highest BCUT2D eigenvalue weighted by molar-refractivity contribution is 7.71. The van der Waals surface area contributed by atoms with Crippen LogP contribution in [0, 0.1) is 4.77 Å². The molecule has 2 fully saturated rings. The Morgan fingerprint density at radius 3 is 2.39 bits per heavy atom. The summed E-state index contributed by atoms with van der Waals surface area (Å²) in [7, 11) is 0. The molecule has 5 rings (SSSR count). The summed E-state index contributed by atoms with van der Waals surface area (Å²) in [5.41, 5.74) is 1.13. The summed E-state index contributed by atoms with van der Waals surface area (Å²) in [5.74, 6) is 1.69. The molecular weight excluding hydrogens is 386 g/mol. The highest BCUT2D eigenvalue weighted by atomic mass is 32.1. The molecule has 0 radical (unpaired) electrons. The summed E-state index contributed by atoms with van der Waals surface area (Å²) in [6.45, 7) is 6.17. The lowest BCUT2D eigenvalue weighted by Crippen LogP contribution is -2.46. The molecule has 2 aliphatic rings. The third-order valence-electron chi connectivity index (χ3n) is 5.58. The van der Waals surface area contributed by atoms with Crippen LogP contribution in [-0.4, -0.2) is 50.3 Å². The molecule has 1 saturated carbocycles. The van der Waals surface area contributed by atoms with E-state index in [1.165, 1.54) is 17.7 Å². The van der Waals surface area contributed by atoms with Crippen molar-refractivity contribution in [3.05, 3.63) is 63.3 Å². The maximum atomic E-state index is 5.84. The Morgan fingerprint density at radius 1 is 0.964 bits per heavy atom. The summed E-state index contributed by atoms with van der Waals surface area (Å²) in [5, 5.41) is 7.10. The average Bonchev–Trinajstić information content (AvgIpc) is 3.35. The molecule has 3 aromatic rings. The number of piperazine rings is 1. The van der Waals surface area contributed by atoms with Gasteiger partial charge in [0.05, 0.1) is 6.67 Å². The van der Waals surface area contributed by atoms with Gasteiger partial charge in [-0.2, -0.15) is 5.10 Å². The molecule has 146 valence electrons. The number of benzene rings is 1. The number of rotatable bonds is 6. The number of hydrogen-bond donors (Lipinski definition) is 0. The monoisotopic (exact) mass is 411 g/mol. The van der Waals surface area contributed by atoms with Crippen LogP contribution in [0.1, 0.15) is 29.5 Å². The molecule has 1 aromatic carbocycles. The minimum Gasteiger partial charge on any atom is -0.296 e. The van der Waals surface area contributed by atoms with Gasteiger partial charge in [0.25, 0.3) is 0 Å². The Kier molecular flexibility index (Phi) is 5.15. The van der Waals surface area contributed by atoms with Gasteiger partial charge in [0.2, 0.25) is 4.77 Å². The summed E-state index contributed by atoms with van der Waals surface area (Å²) >= 11 is 7.68. The number of thiophene rings is 1. The van der Waals surface area contributed by atoms with Crippen LogP contribution in [0.5, 0.6) is 0 Å². The van der Waals surface area contributed by atoms with Gasteiger partial charge in [-0.3, -0.25) is 14.4 Å². The molecule has 1 aliphatic heterocycles. The lowest BCUT2D eigenvalue weighted by molar-refractivity contribution is 0.0986. The number of nitrogens with zero attached hydrogens (tertiary/aromatic N) is 5. The summed E-state index contributed by atoms with van der Waals surface area (Å²) < 4.78 is 5.03. The van der Waals surface area contributed by atoms with E-state index in [9.17, 15) is 0 Å². The van der Waals surface area contributed by atoms with E-state index < -0.39 is 0 Å². The maximum absolute atomic E-state index is 5.84. The zero-order chi connectivity index (χ0) is 18.9. The van der Waals surface area contributed by atoms with Crippen LogP contribution >= 0.6 is 23.6 Å². The predicted molar refractivity (Wildman–Crippen MR) is 116 cm³/mol. The zero-order valence-electron chi connectivity index (χ0n) is 15.9. The minimum atomic E-state index is 0.561. The van der Waals surface area contributed by atoms with Crippen LogP contribution in [0.3, 0.4) is 0 Å². The molecule has 0 spiro atoms. The summed E-state index contributed by atoms with van der Waals surface area (Å²) in [4.78, 5) is 6.46. The number of para-hydroxylation sites is 1. The fourth-order valence-corrected chi connectivity index (χ4v) is 4.89. The van der Waals surface area contributed by atoms with Gasteiger partial charge in [-0.25, -0.2) is 4.68 Å². The molecule has 3 heterocycles. The van der Waals surface area contributed by atoms with Gasteiger partial charge < -0.3 is 0 Å².